The fourth-order valence-corrected chi connectivity index (χ4v) is 0. The molecule has 5 heteroatoms. The Morgan fingerprint density at radius 1 is 0.600 bits per heavy atom. The zero-order valence-electron chi connectivity index (χ0n) is 3.76. The Bertz CT molecular complexity index is 7.61. The van der Waals surface area contributed by atoms with Gasteiger partial charge in [0.25, 0.3) is 0 Å². The van der Waals surface area contributed by atoms with E-state index in [0.717, 1.165) is 0 Å². The van der Waals surface area contributed by atoms with Crippen LogP contribution in [-0.4, -0.2) is 0 Å². The molecule has 5 heavy (non-hydrogen) atoms. The van der Waals surface area contributed by atoms with Crippen LogP contribution in [0.2, 0.25) is 0 Å². The van der Waals surface area contributed by atoms with Crippen LogP contribution in [0.3, 0.4) is 0 Å². The van der Waals surface area contributed by atoms with Gasteiger partial charge in [-0.15, -0.1) is 0 Å². The molecule has 0 nitrogen and oxygen atoms in total. The normalized spacial score (nSPS) is 0. The second kappa shape index (κ2) is 25.2. The van der Waals surface area contributed by atoms with Crippen LogP contribution in [-0.2, 0) is 0 Å². The molecule has 0 radical (unpaired) electrons. The molecule has 0 aromatic heterocycles. The van der Waals surface area contributed by atoms with Gasteiger partial charge in [0.05, 0.1) is 0 Å². The molecule has 0 aliphatic carbocycles. The second-order valence-electron chi connectivity index (χ2n) is 0. The van der Waals surface area contributed by atoms with E-state index in [1.165, 1.54) is 0 Å². The molecular weight excluding hydrogens is 123 g/mol. The summed E-state index contributed by atoms with van der Waals surface area (Å²) in [7, 11) is 0. The van der Waals surface area contributed by atoms with Crippen molar-refractivity contribution in [1.29, 1.82) is 0 Å². The molecule has 16 valence electrons. The SMILES string of the molecule is [F-].[F-].[K+].[K+].[Li+]. The minimum absolute atomic E-state index is 0. The van der Waals surface area contributed by atoms with Gasteiger partial charge in [-0.3, -0.25) is 0 Å². The first kappa shape index (κ1) is 37.5. The van der Waals surface area contributed by atoms with Crippen LogP contribution >= 0.6 is 0 Å². The molecule has 0 saturated carbocycles. The van der Waals surface area contributed by atoms with Crippen molar-refractivity contribution in [2.75, 3.05) is 0 Å². The first-order valence-corrected chi connectivity index (χ1v) is 0. The van der Waals surface area contributed by atoms with E-state index in [9.17, 15) is 0 Å². The molecule has 0 aromatic rings. The minimum Gasteiger partial charge on any atom is -1.00 e. The zero-order valence-corrected chi connectivity index (χ0v) is 10.0. The Morgan fingerprint density at radius 2 is 0.600 bits per heavy atom. The number of halogens is 2. The van der Waals surface area contributed by atoms with E-state index in [1.807, 2.05) is 0 Å². The van der Waals surface area contributed by atoms with Crippen LogP contribution < -0.4 is 131 Å². The summed E-state index contributed by atoms with van der Waals surface area (Å²) in [5, 5.41) is 0. The summed E-state index contributed by atoms with van der Waals surface area (Å²) in [5.41, 5.74) is 0. The van der Waals surface area contributed by atoms with Crippen molar-refractivity contribution in [3.8, 4) is 0 Å². The Kier molecular flexibility index (Phi) is 189. The van der Waals surface area contributed by atoms with E-state index in [0.29, 0.717) is 0 Å². The Morgan fingerprint density at radius 3 is 0.600 bits per heavy atom. The van der Waals surface area contributed by atoms with Gasteiger partial charge in [-0.25, -0.2) is 0 Å². The molecule has 0 heterocycles. The number of hydrogen-bond donors (Lipinski definition) is 0. The third kappa shape index (κ3) is 18.2. The van der Waals surface area contributed by atoms with Gasteiger partial charge in [-0.1, -0.05) is 0 Å². The maximum absolute atomic E-state index is 0. The van der Waals surface area contributed by atoms with E-state index in [1.54, 1.807) is 0 Å². The molecule has 0 bridgehead atoms. The molecule has 0 N–H and O–H groups in total. The molecule has 0 atom stereocenters. The molecule has 0 saturated heterocycles. The fraction of sp³-hybridized carbons (Fsp3) is 0. The van der Waals surface area contributed by atoms with Crippen molar-refractivity contribution in [3.05, 3.63) is 0 Å². The first-order chi connectivity index (χ1) is 0. The third-order valence-corrected chi connectivity index (χ3v) is 0. The summed E-state index contributed by atoms with van der Waals surface area (Å²) < 4.78 is 0. The molecule has 0 aliphatic rings. The van der Waals surface area contributed by atoms with Crippen LogP contribution in [0.1, 0.15) is 0 Å². The molecule has 0 fully saturated rings. The molecule has 0 aromatic carbocycles. The van der Waals surface area contributed by atoms with Gasteiger partial charge in [-0.05, 0) is 0 Å². The number of hydrogen-bond acceptors (Lipinski definition) is 0. The summed E-state index contributed by atoms with van der Waals surface area (Å²) in [6, 6.07) is 0. The van der Waals surface area contributed by atoms with Gasteiger partial charge in [0, 0.05) is 0 Å². The van der Waals surface area contributed by atoms with Crippen molar-refractivity contribution in [2.24, 2.45) is 0 Å². The average molecular weight is 123 g/mol. The van der Waals surface area contributed by atoms with E-state index in [4.69, 9.17) is 0 Å². The summed E-state index contributed by atoms with van der Waals surface area (Å²) in [5.74, 6) is 0. The van der Waals surface area contributed by atoms with Gasteiger partial charge >= 0.3 is 122 Å². The Hall–Kier alpha value is 3.73. The van der Waals surface area contributed by atoms with E-state index >= 15 is 0 Å². The van der Waals surface area contributed by atoms with Crippen LogP contribution in [0.5, 0.6) is 0 Å². The molecule has 0 amide bonds. The van der Waals surface area contributed by atoms with E-state index in [2.05, 4.69) is 0 Å². The Labute approximate surface area is 127 Å². The standard InChI is InChI=1S/2FH.2K.Li/h2*1H;;;/q;;3*+1/p-2. The maximum atomic E-state index is 0. The molecule has 0 unspecified atom stereocenters. The van der Waals surface area contributed by atoms with E-state index in [-0.39, 0.29) is 131 Å². The van der Waals surface area contributed by atoms with Gasteiger partial charge < -0.3 is 9.41 Å². The quantitative estimate of drug-likeness (QED) is 0.281. The van der Waals surface area contributed by atoms with Crippen LogP contribution in [0, 0.1) is 0 Å². The summed E-state index contributed by atoms with van der Waals surface area (Å²) in [6.07, 6.45) is 0. The molecule has 0 aliphatic heterocycles. The maximum Gasteiger partial charge on any atom is 1.00 e. The van der Waals surface area contributed by atoms with E-state index < -0.39 is 0 Å². The smallest absolute Gasteiger partial charge is 1.00 e. The zero-order chi connectivity index (χ0) is 0. The summed E-state index contributed by atoms with van der Waals surface area (Å²) in [6.45, 7) is 0. The predicted molar refractivity (Wildman–Crippen MR) is 0 cm³/mol. The van der Waals surface area contributed by atoms with Crippen LogP contribution in [0.4, 0.5) is 0 Å². The largest absolute Gasteiger partial charge is 1.00 e. The van der Waals surface area contributed by atoms with Gasteiger partial charge in [0.1, 0.15) is 0 Å². The summed E-state index contributed by atoms with van der Waals surface area (Å²) in [4.78, 5) is 0. The third-order valence-electron chi connectivity index (χ3n) is 0. The fourth-order valence-electron chi connectivity index (χ4n) is 0. The first-order valence-electron chi connectivity index (χ1n) is 0. The van der Waals surface area contributed by atoms with Crippen molar-refractivity contribution >= 4 is 0 Å². The van der Waals surface area contributed by atoms with Gasteiger partial charge in [0.15, 0.2) is 0 Å². The van der Waals surface area contributed by atoms with Crippen LogP contribution in [0.25, 0.3) is 0 Å². The Balaban J connectivity index is 0. The van der Waals surface area contributed by atoms with Gasteiger partial charge in [-0.2, -0.15) is 0 Å². The minimum atomic E-state index is 0. The van der Waals surface area contributed by atoms with Crippen molar-refractivity contribution in [2.45, 2.75) is 0 Å². The molecule has 0 rings (SSSR count). The molecule has 0 spiro atoms. The molecular formula is F2K2Li+. The topological polar surface area (TPSA) is 0 Å². The monoisotopic (exact) mass is 123 g/mol. The van der Waals surface area contributed by atoms with Gasteiger partial charge in [0.2, 0.25) is 0 Å². The van der Waals surface area contributed by atoms with Crippen molar-refractivity contribution in [1.82, 2.24) is 0 Å². The van der Waals surface area contributed by atoms with Crippen LogP contribution in [0.15, 0.2) is 0 Å². The van der Waals surface area contributed by atoms with Crippen molar-refractivity contribution in [3.63, 3.8) is 0 Å². The number of rotatable bonds is 0. The predicted octanol–water partition coefficient (Wildman–Crippen LogP) is -15.0. The average Bonchev–Trinajstić information content (AvgIpc) is 0. The summed E-state index contributed by atoms with van der Waals surface area (Å²) >= 11 is 0. The second-order valence-corrected chi connectivity index (χ2v) is 0. The van der Waals surface area contributed by atoms with Crippen molar-refractivity contribution < 1.29 is 131 Å².